The molecular weight excluding hydrogens is 469 g/mol. The smallest absolute Gasteiger partial charge is 0.416 e. The Balaban J connectivity index is 1.62. The Hall–Kier alpha value is -4.14. The predicted molar refractivity (Wildman–Crippen MR) is 129 cm³/mol. The van der Waals surface area contributed by atoms with E-state index in [1.807, 2.05) is 30.3 Å². The summed E-state index contributed by atoms with van der Waals surface area (Å²) in [6.45, 7) is 4.04. The van der Waals surface area contributed by atoms with Crippen LogP contribution in [-0.2, 0) is 18.3 Å². The van der Waals surface area contributed by atoms with Crippen LogP contribution in [0.5, 0.6) is 5.75 Å². The molecule has 1 aromatic heterocycles. The van der Waals surface area contributed by atoms with Gasteiger partial charge < -0.3 is 10.1 Å². The summed E-state index contributed by atoms with van der Waals surface area (Å²) in [7, 11) is 1.50. The zero-order valence-corrected chi connectivity index (χ0v) is 20.0. The minimum atomic E-state index is -4.55. The number of carbonyl (C=O) groups is 1. The van der Waals surface area contributed by atoms with Gasteiger partial charge in [-0.15, -0.1) is 5.10 Å². The normalized spacial score (nSPS) is 11.8. The van der Waals surface area contributed by atoms with E-state index in [1.54, 1.807) is 49.0 Å². The molecule has 0 unspecified atom stereocenters. The second-order valence-electron chi connectivity index (χ2n) is 8.85. The fraction of sp³-hybridized carbons (Fsp3) is 0.222. The lowest BCUT2D eigenvalue weighted by Gasteiger charge is -2.24. The van der Waals surface area contributed by atoms with E-state index in [-0.39, 0.29) is 11.1 Å². The summed E-state index contributed by atoms with van der Waals surface area (Å²) in [5, 5.41) is 11.3. The van der Waals surface area contributed by atoms with Gasteiger partial charge in [0.15, 0.2) is 0 Å². The fourth-order valence-corrected chi connectivity index (χ4v) is 3.78. The number of benzene rings is 3. The maximum absolute atomic E-state index is 13.4. The van der Waals surface area contributed by atoms with Crippen molar-refractivity contribution < 1.29 is 22.7 Å². The summed E-state index contributed by atoms with van der Waals surface area (Å²) in [6, 6.07) is 19.3. The molecule has 1 amide bonds. The van der Waals surface area contributed by atoms with E-state index in [0.717, 1.165) is 17.7 Å². The van der Waals surface area contributed by atoms with Gasteiger partial charge >= 0.3 is 6.18 Å². The maximum atomic E-state index is 13.4. The van der Waals surface area contributed by atoms with Gasteiger partial charge in [-0.25, -0.2) is 4.68 Å². The number of hydrogen-bond acceptors (Lipinski definition) is 4. The summed E-state index contributed by atoms with van der Waals surface area (Å²) in [5.41, 5.74) is 0.513. The SMILES string of the molecule is COc1ccc(-c2cc(C(F)(F)F)ccc2C(=O)NC(C)(C)c2cn(Cc3ccccc3)nn2)cc1. The van der Waals surface area contributed by atoms with Gasteiger partial charge in [0.05, 0.1) is 31.0 Å². The van der Waals surface area contributed by atoms with Crippen molar-refractivity contribution in [2.45, 2.75) is 32.1 Å². The van der Waals surface area contributed by atoms with Crippen LogP contribution in [0.1, 0.15) is 41.0 Å². The molecule has 4 rings (SSSR count). The minimum absolute atomic E-state index is 0.109. The molecule has 0 saturated heterocycles. The van der Waals surface area contributed by atoms with Crippen molar-refractivity contribution >= 4 is 5.91 Å². The quantitative estimate of drug-likeness (QED) is 0.359. The Labute approximate surface area is 206 Å². The van der Waals surface area contributed by atoms with E-state index in [9.17, 15) is 18.0 Å². The van der Waals surface area contributed by atoms with Gasteiger partial charge in [0, 0.05) is 5.56 Å². The van der Waals surface area contributed by atoms with Gasteiger partial charge in [0.2, 0.25) is 0 Å². The van der Waals surface area contributed by atoms with Crippen molar-refractivity contribution in [3.05, 3.63) is 101 Å². The standard InChI is InChI=1S/C27H25F3N4O2/c1-26(2,24-17-34(33-32-24)16-18-7-5-4-6-8-18)31-25(35)22-14-11-20(27(28,29)30)15-23(22)19-9-12-21(36-3)13-10-19/h4-15,17H,16H2,1-3H3,(H,31,35). The third-order valence-electron chi connectivity index (χ3n) is 5.78. The highest BCUT2D eigenvalue weighted by Gasteiger charge is 2.33. The second-order valence-corrected chi connectivity index (χ2v) is 8.85. The second kappa shape index (κ2) is 9.85. The van der Waals surface area contributed by atoms with Crippen LogP contribution in [0.25, 0.3) is 11.1 Å². The zero-order valence-electron chi connectivity index (χ0n) is 20.0. The van der Waals surface area contributed by atoms with Crippen molar-refractivity contribution in [1.29, 1.82) is 0 Å². The minimum Gasteiger partial charge on any atom is -0.497 e. The van der Waals surface area contributed by atoms with Crippen LogP contribution >= 0.6 is 0 Å². The van der Waals surface area contributed by atoms with Crippen molar-refractivity contribution in [3.8, 4) is 16.9 Å². The van der Waals surface area contributed by atoms with Crippen molar-refractivity contribution in [2.75, 3.05) is 7.11 Å². The molecule has 0 aliphatic carbocycles. The van der Waals surface area contributed by atoms with Crippen LogP contribution in [0.15, 0.2) is 79.0 Å². The number of ether oxygens (including phenoxy) is 1. The first-order valence-electron chi connectivity index (χ1n) is 11.2. The number of rotatable bonds is 7. The number of amides is 1. The zero-order chi connectivity index (χ0) is 25.9. The first-order chi connectivity index (χ1) is 17.1. The number of nitrogens with one attached hydrogen (secondary N) is 1. The highest BCUT2D eigenvalue weighted by atomic mass is 19.4. The highest BCUT2D eigenvalue weighted by molar-refractivity contribution is 6.01. The molecule has 0 aliphatic heterocycles. The summed E-state index contributed by atoms with van der Waals surface area (Å²) in [6.07, 6.45) is -2.81. The number of aromatic nitrogens is 3. The van der Waals surface area contributed by atoms with Gasteiger partial charge in [-0.2, -0.15) is 13.2 Å². The topological polar surface area (TPSA) is 69.0 Å². The van der Waals surface area contributed by atoms with Crippen molar-refractivity contribution in [2.24, 2.45) is 0 Å². The Morgan fingerprint density at radius 2 is 1.69 bits per heavy atom. The van der Waals surface area contributed by atoms with E-state index < -0.39 is 23.2 Å². The fourth-order valence-electron chi connectivity index (χ4n) is 3.78. The highest BCUT2D eigenvalue weighted by Crippen LogP contribution is 2.35. The third-order valence-corrected chi connectivity index (χ3v) is 5.78. The molecule has 0 bridgehead atoms. The van der Waals surface area contributed by atoms with Crippen LogP contribution < -0.4 is 10.1 Å². The van der Waals surface area contributed by atoms with E-state index in [0.29, 0.717) is 23.6 Å². The largest absolute Gasteiger partial charge is 0.497 e. The summed E-state index contributed by atoms with van der Waals surface area (Å²) >= 11 is 0. The molecule has 0 fully saturated rings. The third kappa shape index (κ3) is 5.56. The maximum Gasteiger partial charge on any atom is 0.416 e. The summed E-state index contributed by atoms with van der Waals surface area (Å²) in [5.74, 6) is 0.0219. The van der Waals surface area contributed by atoms with E-state index >= 15 is 0 Å². The molecule has 4 aromatic rings. The molecule has 0 aliphatic rings. The lowest BCUT2D eigenvalue weighted by atomic mass is 9.94. The molecule has 3 aromatic carbocycles. The molecule has 186 valence electrons. The average Bonchev–Trinajstić information content (AvgIpc) is 3.33. The number of methoxy groups -OCH3 is 1. The molecule has 1 heterocycles. The summed E-state index contributed by atoms with van der Waals surface area (Å²) in [4.78, 5) is 13.3. The number of hydrogen-bond donors (Lipinski definition) is 1. The molecule has 0 radical (unpaired) electrons. The first-order valence-corrected chi connectivity index (χ1v) is 11.2. The Morgan fingerprint density at radius 3 is 2.33 bits per heavy atom. The molecule has 1 N–H and O–H groups in total. The Bertz CT molecular complexity index is 1350. The van der Waals surface area contributed by atoms with Crippen LogP contribution in [0.3, 0.4) is 0 Å². The summed E-state index contributed by atoms with van der Waals surface area (Å²) < 4.78 is 47.2. The molecule has 9 heteroatoms. The molecule has 6 nitrogen and oxygen atoms in total. The molecule has 0 atom stereocenters. The first kappa shape index (κ1) is 25.0. The van der Waals surface area contributed by atoms with E-state index in [1.165, 1.54) is 13.2 Å². The molecule has 36 heavy (non-hydrogen) atoms. The van der Waals surface area contributed by atoms with Crippen molar-refractivity contribution in [3.63, 3.8) is 0 Å². The average molecular weight is 495 g/mol. The van der Waals surface area contributed by atoms with E-state index in [4.69, 9.17) is 4.74 Å². The Kier molecular flexibility index (Phi) is 6.83. The lowest BCUT2D eigenvalue weighted by molar-refractivity contribution is -0.137. The van der Waals surface area contributed by atoms with Gasteiger partial charge in [-0.05, 0) is 60.9 Å². The number of halogens is 3. The number of nitrogens with zero attached hydrogens (tertiary/aromatic N) is 3. The monoisotopic (exact) mass is 494 g/mol. The molecular formula is C27H25F3N4O2. The van der Waals surface area contributed by atoms with Crippen LogP contribution in [-0.4, -0.2) is 28.0 Å². The molecule has 0 spiro atoms. The van der Waals surface area contributed by atoms with Crippen LogP contribution in [0.4, 0.5) is 13.2 Å². The van der Waals surface area contributed by atoms with Gasteiger partial charge in [0.25, 0.3) is 5.91 Å². The number of alkyl halides is 3. The predicted octanol–water partition coefficient (Wildman–Crippen LogP) is 5.69. The van der Waals surface area contributed by atoms with Crippen molar-refractivity contribution in [1.82, 2.24) is 20.3 Å². The van der Waals surface area contributed by atoms with E-state index in [2.05, 4.69) is 15.6 Å². The van der Waals surface area contributed by atoms with Crippen LogP contribution in [0, 0.1) is 0 Å². The van der Waals surface area contributed by atoms with Gasteiger partial charge in [0.1, 0.15) is 11.4 Å². The Morgan fingerprint density at radius 1 is 1.00 bits per heavy atom. The number of carbonyl (C=O) groups excluding carboxylic acids is 1. The van der Waals surface area contributed by atoms with Crippen LogP contribution in [0.2, 0.25) is 0 Å². The molecule has 0 saturated carbocycles. The van der Waals surface area contributed by atoms with Gasteiger partial charge in [-0.3, -0.25) is 4.79 Å². The van der Waals surface area contributed by atoms with Gasteiger partial charge in [-0.1, -0.05) is 47.7 Å². The lowest BCUT2D eigenvalue weighted by Crippen LogP contribution is -2.41.